The van der Waals surface area contributed by atoms with E-state index >= 15 is 0 Å². The van der Waals surface area contributed by atoms with Crippen molar-refractivity contribution in [3.63, 3.8) is 0 Å². The summed E-state index contributed by atoms with van der Waals surface area (Å²) < 4.78 is 23.5. The molecule has 0 spiro atoms. The van der Waals surface area contributed by atoms with Gasteiger partial charge in [-0.3, -0.25) is 15.1 Å². The van der Waals surface area contributed by atoms with Crippen LogP contribution >= 0.6 is 0 Å². The minimum absolute atomic E-state index is 0.0725. The van der Waals surface area contributed by atoms with Gasteiger partial charge in [0.1, 0.15) is 29.3 Å². The van der Waals surface area contributed by atoms with Crippen molar-refractivity contribution in [1.82, 2.24) is 9.97 Å². The van der Waals surface area contributed by atoms with E-state index in [2.05, 4.69) is 15.3 Å². The number of carbonyl (C=O) groups is 1. The first-order chi connectivity index (χ1) is 10.7. The molecule has 0 saturated carbocycles. The van der Waals surface area contributed by atoms with E-state index in [1.807, 2.05) is 0 Å². The van der Waals surface area contributed by atoms with Gasteiger partial charge in [-0.25, -0.2) is 9.37 Å². The Kier molecular flexibility index (Phi) is 3.78. The van der Waals surface area contributed by atoms with E-state index in [0.29, 0.717) is 11.5 Å². The number of anilines is 1. The summed E-state index contributed by atoms with van der Waals surface area (Å²) in [5, 5.41) is 2.44. The first-order valence-corrected chi connectivity index (χ1v) is 6.31. The molecule has 0 radical (unpaired) electrons. The van der Waals surface area contributed by atoms with Crippen LogP contribution < -0.4 is 10.1 Å². The summed E-state index contributed by atoms with van der Waals surface area (Å²) in [4.78, 5) is 19.7. The van der Waals surface area contributed by atoms with E-state index in [4.69, 9.17) is 9.15 Å². The quantitative estimate of drug-likeness (QED) is 0.800. The fraction of sp³-hybridized carbons (Fsp3) is 0. The molecule has 3 rings (SSSR count). The normalized spacial score (nSPS) is 10.2. The van der Waals surface area contributed by atoms with Crippen molar-refractivity contribution in [2.45, 2.75) is 0 Å². The van der Waals surface area contributed by atoms with Crippen molar-refractivity contribution in [3.05, 3.63) is 66.6 Å². The number of oxazole rings is 1. The second kappa shape index (κ2) is 6.04. The average molecular weight is 299 g/mol. The SMILES string of the molecule is O=C(Nc1ncco1)c1cc(Oc2cccc(F)c2)ccn1. The molecule has 7 heteroatoms. The molecule has 110 valence electrons. The highest BCUT2D eigenvalue weighted by Crippen LogP contribution is 2.22. The van der Waals surface area contributed by atoms with Crippen molar-refractivity contribution in [3.8, 4) is 11.5 Å². The predicted octanol–water partition coefficient (Wildman–Crippen LogP) is 3.25. The second-order valence-corrected chi connectivity index (χ2v) is 4.23. The Morgan fingerprint density at radius 3 is 2.77 bits per heavy atom. The number of carbonyl (C=O) groups excluding carboxylic acids is 1. The van der Waals surface area contributed by atoms with Gasteiger partial charge in [0.05, 0.1) is 6.20 Å². The number of halogens is 1. The second-order valence-electron chi connectivity index (χ2n) is 4.23. The van der Waals surface area contributed by atoms with Crippen LogP contribution in [0.1, 0.15) is 10.5 Å². The van der Waals surface area contributed by atoms with Crippen LogP contribution in [0.4, 0.5) is 10.4 Å². The van der Waals surface area contributed by atoms with Gasteiger partial charge in [-0.15, -0.1) is 0 Å². The number of hydrogen-bond donors (Lipinski definition) is 1. The van der Waals surface area contributed by atoms with Crippen LogP contribution in [0.3, 0.4) is 0 Å². The molecule has 0 fully saturated rings. The summed E-state index contributed by atoms with van der Waals surface area (Å²) in [6.45, 7) is 0. The van der Waals surface area contributed by atoms with E-state index in [-0.39, 0.29) is 11.7 Å². The van der Waals surface area contributed by atoms with Gasteiger partial charge in [0.25, 0.3) is 5.91 Å². The lowest BCUT2D eigenvalue weighted by Gasteiger charge is -2.07. The molecule has 0 bridgehead atoms. The molecule has 0 atom stereocenters. The Hall–Kier alpha value is -3.22. The number of pyridine rings is 1. The highest BCUT2D eigenvalue weighted by Gasteiger charge is 2.11. The minimum atomic E-state index is -0.493. The molecular weight excluding hydrogens is 289 g/mol. The zero-order chi connectivity index (χ0) is 15.4. The zero-order valence-corrected chi connectivity index (χ0v) is 11.2. The maximum Gasteiger partial charge on any atom is 0.301 e. The lowest BCUT2D eigenvalue weighted by Crippen LogP contribution is -2.13. The van der Waals surface area contributed by atoms with Crippen LogP contribution in [0, 0.1) is 5.82 Å². The van der Waals surface area contributed by atoms with Crippen LogP contribution in [-0.2, 0) is 0 Å². The Morgan fingerprint density at radius 2 is 2.00 bits per heavy atom. The predicted molar refractivity (Wildman–Crippen MR) is 75.2 cm³/mol. The fourth-order valence-corrected chi connectivity index (χ4v) is 1.71. The van der Waals surface area contributed by atoms with Gasteiger partial charge < -0.3 is 9.15 Å². The van der Waals surface area contributed by atoms with Crippen molar-refractivity contribution in [2.75, 3.05) is 5.32 Å². The van der Waals surface area contributed by atoms with Crippen LogP contribution in [0.2, 0.25) is 0 Å². The maximum atomic E-state index is 13.1. The third-order valence-corrected chi connectivity index (χ3v) is 2.65. The molecule has 1 amide bonds. The van der Waals surface area contributed by atoms with Gasteiger partial charge in [-0.05, 0) is 18.2 Å². The van der Waals surface area contributed by atoms with E-state index in [9.17, 15) is 9.18 Å². The standard InChI is InChI=1S/C15H10FN3O3/c16-10-2-1-3-11(8-10)22-12-4-5-17-13(9-12)14(20)19-15-18-6-7-21-15/h1-9H,(H,18,19,20). The summed E-state index contributed by atoms with van der Waals surface area (Å²) >= 11 is 0. The third kappa shape index (κ3) is 3.26. The van der Waals surface area contributed by atoms with Gasteiger partial charge in [-0.1, -0.05) is 6.07 Å². The fourth-order valence-electron chi connectivity index (χ4n) is 1.71. The average Bonchev–Trinajstić information content (AvgIpc) is 3.00. The Labute approximate surface area is 124 Å². The summed E-state index contributed by atoms with van der Waals surface area (Å²) in [5.74, 6) is -0.219. The lowest BCUT2D eigenvalue weighted by atomic mass is 10.3. The molecule has 1 N–H and O–H groups in total. The number of nitrogens with one attached hydrogen (secondary N) is 1. The highest BCUT2D eigenvalue weighted by molar-refractivity contribution is 6.01. The summed E-state index contributed by atoms with van der Waals surface area (Å²) in [6, 6.07) is 8.76. The molecule has 0 aliphatic rings. The number of ether oxygens (including phenoxy) is 1. The number of hydrogen-bond acceptors (Lipinski definition) is 5. The van der Waals surface area contributed by atoms with Crippen molar-refractivity contribution in [1.29, 1.82) is 0 Å². The topological polar surface area (TPSA) is 77.2 Å². The molecular formula is C15H10FN3O3. The largest absolute Gasteiger partial charge is 0.457 e. The monoisotopic (exact) mass is 299 g/mol. The molecule has 1 aromatic carbocycles. The minimum Gasteiger partial charge on any atom is -0.457 e. The molecule has 0 unspecified atom stereocenters. The van der Waals surface area contributed by atoms with Crippen LogP contribution in [0.5, 0.6) is 11.5 Å². The summed E-state index contributed by atoms with van der Waals surface area (Å²) in [7, 11) is 0. The molecule has 22 heavy (non-hydrogen) atoms. The molecule has 2 heterocycles. The molecule has 0 aliphatic carbocycles. The van der Waals surface area contributed by atoms with Crippen LogP contribution in [0.25, 0.3) is 0 Å². The van der Waals surface area contributed by atoms with Crippen molar-refractivity contribution in [2.24, 2.45) is 0 Å². The number of benzene rings is 1. The van der Waals surface area contributed by atoms with Crippen molar-refractivity contribution >= 4 is 11.9 Å². The molecule has 6 nitrogen and oxygen atoms in total. The van der Waals surface area contributed by atoms with E-state index in [1.54, 1.807) is 12.1 Å². The van der Waals surface area contributed by atoms with E-state index in [1.165, 1.54) is 42.9 Å². The summed E-state index contributed by atoms with van der Waals surface area (Å²) in [6.07, 6.45) is 4.16. The first kappa shape index (κ1) is 13.7. The van der Waals surface area contributed by atoms with Crippen molar-refractivity contribution < 1.29 is 18.3 Å². The van der Waals surface area contributed by atoms with Gasteiger partial charge in [0.15, 0.2) is 0 Å². The summed E-state index contributed by atoms with van der Waals surface area (Å²) in [5.41, 5.74) is 0.118. The number of amides is 1. The molecule has 2 aromatic heterocycles. The third-order valence-electron chi connectivity index (χ3n) is 2.65. The van der Waals surface area contributed by atoms with Gasteiger partial charge in [0, 0.05) is 18.3 Å². The Balaban J connectivity index is 1.76. The van der Waals surface area contributed by atoms with Gasteiger partial charge in [-0.2, -0.15) is 0 Å². The van der Waals surface area contributed by atoms with E-state index < -0.39 is 11.7 Å². The van der Waals surface area contributed by atoms with Crippen LogP contribution in [-0.4, -0.2) is 15.9 Å². The van der Waals surface area contributed by atoms with Gasteiger partial charge in [0.2, 0.25) is 0 Å². The van der Waals surface area contributed by atoms with Gasteiger partial charge >= 0.3 is 6.01 Å². The maximum absolute atomic E-state index is 13.1. The van der Waals surface area contributed by atoms with Crippen LogP contribution in [0.15, 0.2) is 59.5 Å². The molecule has 0 saturated heterocycles. The number of rotatable bonds is 4. The molecule has 3 aromatic rings. The first-order valence-electron chi connectivity index (χ1n) is 6.31. The lowest BCUT2D eigenvalue weighted by molar-refractivity contribution is 0.101. The van der Waals surface area contributed by atoms with E-state index in [0.717, 1.165) is 0 Å². The number of nitrogens with zero attached hydrogens (tertiary/aromatic N) is 2. The Morgan fingerprint density at radius 1 is 1.14 bits per heavy atom. The molecule has 0 aliphatic heterocycles. The number of aromatic nitrogens is 2. The zero-order valence-electron chi connectivity index (χ0n) is 11.2. The Bertz CT molecular complexity index is 790. The smallest absolute Gasteiger partial charge is 0.301 e. The highest BCUT2D eigenvalue weighted by atomic mass is 19.1.